The first-order valence-electron chi connectivity index (χ1n) is 6.51. The molecule has 0 N–H and O–H groups in total. The van der Waals surface area contributed by atoms with Crippen molar-refractivity contribution in [2.24, 2.45) is 0 Å². The summed E-state index contributed by atoms with van der Waals surface area (Å²) in [6.45, 7) is 1.52. The number of alkyl halides is 1. The third-order valence-electron chi connectivity index (χ3n) is 3.20. The molecule has 2 rings (SSSR count). The van der Waals surface area contributed by atoms with Gasteiger partial charge in [0.2, 0.25) is 0 Å². The SMILES string of the molecule is CCS(=O)(=O)[C@@H](Br)C(=O)c1ccc(-c2ccccc2)cc1. The van der Waals surface area contributed by atoms with Crippen LogP contribution in [0.2, 0.25) is 0 Å². The second-order valence-electron chi connectivity index (χ2n) is 4.58. The summed E-state index contributed by atoms with van der Waals surface area (Å²) in [6.07, 6.45) is 0. The van der Waals surface area contributed by atoms with E-state index in [-0.39, 0.29) is 5.75 Å². The number of Topliss-reactive ketones (excluding diaryl/α,β-unsaturated/α-hetero) is 1. The molecule has 0 radical (unpaired) electrons. The first-order valence-corrected chi connectivity index (χ1v) is 9.14. The smallest absolute Gasteiger partial charge is 0.191 e. The van der Waals surface area contributed by atoms with E-state index in [0.717, 1.165) is 11.1 Å². The Morgan fingerprint density at radius 1 is 1.00 bits per heavy atom. The number of benzene rings is 2. The van der Waals surface area contributed by atoms with Crippen LogP contribution in [0, 0.1) is 0 Å². The lowest BCUT2D eigenvalue weighted by molar-refractivity contribution is 0.101. The fourth-order valence-electron chi connectivity index (χ4n) is 1.90. The Morgan fingerprint density at radius 3 is 2.05 bits per heavy atom. The zero-order valence-corrected chi connectivity index (χ0v) is 13.9. The molecule has 21 heavy (non-hydrogen) atoms. The van der Waals surface area contributed by atoms with Crippen molar-refractivity contribution in [2.75, 3.05) is 5.75 Å². The summed E-state index contributed by atoms with van der Waals surface area (Å²) in [5.41, 5.74) is 2.42. The van der Waals surface area contributed by atoms with Crippen LogP contribution in [0.3, 0.4) is 0 Å². The van der Waals surface area contributed by atoms with Crippen LogP contribution in [-0.4, -0.2) is 24.1 Å². The van der Waals surface area contributed by atoms with Crippen molar-refractivity contribution in [1.82, 2.24) is 0 Å². The van der Waals surface area contributed by atoms with Gasteiger partial charge >= 0.3 is 0 Å². The summed E-state index contributed by atoms with van der Waals surface area (Å²) >= 11 is 2.99. The number of carbonyl (C=O) groups excluding carboxylic acids is 1. The summed E-state index contributed by atoms with van der Waals surface area (Å²) in [5.74, 6) is -0.506. The predicted octanol–water partition coefficient (Wildman–Crippen LogP) is 3.69. The maximum Gasteiger partial charge on any atom is 0.191 e. The summed E-state index contributed by atoms with van der Waals surface area (Å²) in [7, 11) is -3.44. The predicted molar refractivity (Wildman–Crippen MR) is 88.4 cm³/mol. The second-order valence-corrected chi connectivity index (χ2v) is 8.47. The summed E-state index contributed by atoms with van der Waals surface area (Å²) in [4.78, 5) is 12.2. The van der Waals surface area contributed by atoms with Gasteiger partial charge in [0.15, 0.2) is 19.8 Å². The molecule has 0 aliphatic heterocycles. The highest BCUT2D eigenvalue weighted by Crippen LogP contribution is 2.22. The van der Waals surface area contributed by atoms with Crippen LogP contribution in [-0.2, 0) is 9.84 Å². The third kappa shape index (κ3) is 3.60. The molecule has 5 heteroatoms. The minimum absolute atomic E-state index is 0.0727. The van der Waals surface area contributed by atoms with E-state index in [2.05, 4.69) is 15.9 Å². The van der Waals surface area contributed by atoms with Crippen molar-refractivity contribution < 1.29 is 13.2 Å². The van der Waals surface area contributed by atoms with Crippen LogP contribution in [0.5, 0.6) is 0 Å². The number of carbonyl (C=O) groups is 1. The van der Waals surface area contributed by atoms with Gasteiger partial charge in [0.1, 0.15) is 0 Å². The van der Waals surface area contributed by atoms with Crippen molar-refractivity contribution in [1.29, 1.82) is 0 Å². The molecule has 0 bridgehead atoms. The van der Waals surface area contributed by atoms with E-state index in [1.54, 1.807) is 12.1 Å². The number of ketones is 1. The van der Waals surface area contributed by atoms with E-state index in [9.17, 15) is 13.2 Å². The zero-order chi connectivity index (χ0) is 15.5. The lowest BCUT2D eigenvalue weighted by Crippen LogP contribution is -2.26. The highest BCUT2D eigenvalue weighted by molar-refractivity contribution is 9.11. The number of hydrogen-bond donors (Lipinski definition) is 0. The summed E-state index contributed by atoms with van der Waals surface area (Å²) in [6, 6.07) is 16.7. The highest BCUT2D eigenvalue weighted by atomic mass is 79.9. The first kappa shape index (κ1) is 15.9. The number of halogens is 1. The number of rotatable bonds is 5. The average molecular weight is 367 g/mol. The fourth-order valence-corrected chi connectivity index (χ4v) is 3.71. The van der Waals surface area contributed by atoms with E-state index < -0.39 is 19.8 Å². The summed E-state index contributed by atoms with van der Waals surface area (Å²) < 4.78 is 22.3. The lowest BCUT2D eigenvalue weighted by Gasteiger charge is -2.09. The van der Waals surface area contributed by atoms with E-state index in [1.165, 1.54) is 6.92 Å². The largest absolute Gasteiger partial charge is 0.292 e. The van der Waals surface area contributed by atoms with Crippen LogP contribution in [0.15, 0.2) is 54.6 Å². The van der Waals surface area contributed by atoms with Crippen molar-refractivity contribution in [2.45, 2.75) is 11.1 Å². The van der Waals surface area contributed by atoms with Crippen LogP contribution in [0.25, 0.3) is 11.1 Å². The molecule has 0 fully saturated rings. The maximum atomic E-state index is 12.2. The standard InChI is InChI=1S/C16H15BrO3S/c1-2-21(19,20)16(17)15(18)14-10-8-13(9-11-14)12-6-4-3-5-7-12/h3-11,16H,2H2,1H3/t16-/m1/s1. The van der Waals surface area contributed by atoms with Crippen molar-refractivity contribution in [3.8, 4) is 11.1 Å². The molecule has 3 nitrogen and oxygen atoms in total. The van der Waals surface area contributed by atoms with Gasteiger partial charge in [-0.05, 0) is 11.1 Å². The van der Waals surface area contributed by atoms with Gasteiger partial charge in [-0.3, -0.25) is 4.79 Å². The van der Waals surface area contributed by atoms with Crippen LogP contribution >= 0.6 is 15.9 Å². The van der Waals surface area contributed by atoms with E-state index in [1.807, 2.05) is 42.5 Å². The van der Waals surface area contributed by atoms with Gasteiger partial charge < -0.3 is 0 Å². The maximum absolute atomic E-state index is 12.2. The topological polar surface area (TPSA) is 51.2 Å². The Bertz CT molecular complexity index is 722. The Morgan fingerprint density at radius 2 is 1.52 bits per heavy atom. The molecule has 0 unspecified atom stereocenters. The van der Waals surface area contributed by atoms with Gasteiger partial charge in [-0.1, -0.05) is 77.5 Å². The molecule has 110 valence electrons. The molecule has 0 saturated carbocycles. The number of hydrogen-bond acceptors (Lipinski definition) is 3. The van der Waals surface area contributed by atoms with E-state index in [4.69, 9.17) is 0 Å². The van der Waals surface area contributed by atoms with E-state index >= 15 is 0 Å². The molecule has 0 heterocycles. The van der Waals surface area contributed by atoms with Gasteiger partial charge in [-0.2, -0.15) is 0 Å². The molecule has 0 aliphatic rings. The van der Waals surface area contributed by atoms with Crippen molar-refractivity contribution >= 4 is 31.6 Å². The van der Waals surface area contributed by atoms with Gasteiger partial charge in [0, 0.05) is 11.3 Å². The number of sulfone groups is 1. The van der Waals surface area contributed by atoms with Crippen molar-refractivity contribution in [3.05, 3.63) is 60.2 Å². The summed E-state index contributed by atoms with van der Waals surface area (Å²) in [5, 5.41) is 0. The molecule has 0 saturated heterocycles. The average Bonchev–Trinajstić information content (AvgIpc) is 2.54. The molecule has 2 aromatic carbocycles. The van der Waals surface area contributed by atoms with Crippen LogP contribution in [0.1, 0.15) is 17.3 Å². The first-order chi connectivity index (χ1) is 9.95. The van der Waals surface area contributed by atoms with Crippen LogP contribution < -0.4 is 0 Å². The zero-order valence-electron chi connectivity index (χ0n) is 11.5. The Hall–Kier alpha value is -1.46. The molecule has 1 atom stereocenters. The van der Waals surface area contributed by atoms with Gasteiger partial charge in [-0.15, -0.1) is 0 Å². The Balaban J connectivity index is 2.26. The van der Waals surface area contributed by atoms with E-state index in [0.29, 0.717) is 5.56 Å². The van der Waals surface area contributed by atoms with Gasteiger partial charge in [0.25, 0.3) is 0 Å². The second kappa shape index (κ2) is 6.54. The lowest BCUT2D eigenvalue weighted by atomic mass is 10.0. The fraction of sp³-hybridized carbons (Fsp3) is 0.188. The molecule has 2 aromatic rings. The molecular formula is C16H15BrO3S. The Kier molecular flexibility index (Phi) is 4.96. The van der Waals surface area contributed by atoms with Gasteiger partial charge in [-0.25, -0.2) is 8.42 Å². The monoisotopic (exact) mass is 366 g/mol. The van der Waals surface area contributed by atoms with Gasteiger partial charge in [0.05, 0.1) is 0 Å². The van der Waals surface area contributed by atoms with Crippen molar-refractivity contribution in [3.63, 3.8) is 0 Å². The molecular weight excluding hydrogens is 352 g/mol. The molecule has 0 aliphatic carbocycles. The minimum Gasteiger partial charge on any atom is -0.292 e. The van der Waals surface area contributed by atoms with Crippen LogP contribution in [0.4, 0.5) is 0 Å². The molecule has 0 amide bonds. The minimum atomic E-state index is -3.44. The molecule has 0 aromatic heterocycles. The third-order valence-corrected chi connectivity index (χ3v) is 6.97. The highest BCUT2D eigenvalue weighted by Gasteiger charge is 2.28. The Labute approximate surface area is 133 Å². The quantitative estimate of drug-likeness (QED) is 0.598. The normalized spacial score (nSPS) is 12.9. The molecule has 0 spiro atoms.